The van der Waals surface area contributed by atoms with Gasteiger partial charge in [0.25, 0.3) is 0 Å². The molecule has 0 spiro atoms. The number of ether oxygens (including phenoxy) is 2. The monoisotopic (exact) mass is 383 g/mol. The number of carbonyl (C=O) groups is 1. The van der Waals surface area contributed by atoms with Gasteiger partial charge in [-0.1, -0.05) is 30.3 Å². The van der Waals surface area contributed by atoms with Crippen molar-refractivity contribution >= 4 is 22.9 Å². The highest BCUT2D eigenvalue weighted by Crippen LogP contribution is 2.49. The maximum atomic E-state index is 14.3. The van der Waals surface area contributed by atoms with Crippen molar-refractivity contribution in [2.75, 3.05) is 19.5 Å². The summed E-state index contributed by atoms with van der Waals surface area (Å²) in [6.45, 7) is 0. The van der Waals surface area contributed by atoms with Crippen LogP contribution in [0.5, 0.6) is 11.5 Å². The largest absolute Gasteiger partial charge is 0.493 e. The van der Waals surface area contributed by atoms with Crippen LogP contribution in [0.1, 0.15) is 22.8 Å². The van der Waals surface area contributed by atoms with E-state index in [4.69, 9.17) is 9.47 Å². The normalized spacial score (nSPS) is 15.8. The second-order valence-corrected chi connectivity index (χ2v) is 7.17. The van der Waals surface area contributed by atoms with Crippen LogP contribution in [0.2, 0.25) is 0 Å². The molecular formula is C21H18FNO3S. The van der Waals surface area contributed by atoms with Gasteiger partial charge in [0.2, 0.25) is 5.91 Å². The third-order valence-corrected chi connectivity index (χ3v) is 5.86. The van der Waals surface area contributed by atoms with Crippen LogP contribution in [-0.2, 0) is 4.79 Å². The van der Waals surface area contributed by atoms with Gasteiger partial charge in [-0.2, -0.15) is 0 Å². The molecule has 0 bridgehead atoms. The Morgan fingerprint density at radius 1 is 1.07 bits per heavy atom. The summed E-state index contributed by atoms with van der Waals surface area (Å²) in [6.07, 6.45) is 0.299. The lowest BCUT2D eigenvalue weighted by molar-refractivity contribution is -0.116. The number of rotatable bonds is 4. The Morgan fingerprint density at radius 3 is 2.63 bits per heavy atom. The van der Waals surface area contributed by atoms with E-state index in [1.54, 1.807) is 32.4 Å². The van der Waals surface area contributed by atoms with Crippen molar-refractivity contribution in [2.45, 2.75) is 12.3 Å². The number of carbonyl (C=O) groups excluding carboxylic acids is 1. The second-order valence-electron chi connectivity index (χ2n) is 6.26. The van der Waals surface area contributed by atoms with Crippen LogP contribution in [0.3, 0.4) is 0 Å². The molecule has 1 aliphatic rings. The molecule has 0 saturated heterocycles. The fourth-order valence-corrected chi connectivity index (χ4v) is 4.69. The molecule has 0 aliphatic carbocycles. The predicted molar refractivity (Wildman–Crippen MR) is 104 cm³/mol. The van der Waals surface area contributed by atoms with Gasteiger partial charge in [0, 0.05) is 39.3 Å². The molecule has 0 fully saturated rings. The quantitative estimate of drug-likeness (QED) is 0.686. The minimum absolute atomic E-state index is 0.103. The first-order chi connectivity index (χ1) is 13.1. The summed E-state index contributed by atoms with van der Waals surface area (Å²) in [5.74, 6) is 0.644. The van der Waals surface area contributed by atoms with E-state index < -0.39 is 0 Å². The van der Waals surface area contributed by atoms with Crippen molar-refractivity contribution in [1.29, 1.82) is 0 Å². The fraction of sp³-hybridized carbons (Fsp3) is 0.190. The maximum absolute atomic E-state index is 14.3. The van der Waals surface area contributed by atoms with Crippen LogP contribution in [0.25, 0.3) is 11.1 Å². The molecule has 138 valence electrons. The Balaban J connectivity index is 1.87. The van der Waals surface area contributed by atoms with Crippen LogP contribution >= 0.6 is 11.3 Å². The van der Waals surface area contributed by atoms with Crippen LogP contribution in [0, 0.1) is 5.82 Å². The third-order valence-electron chi connectivity index (χ3n) is 4.76. The van der Waals surface area contributed by atoms with E-state index in [0.29, 0.717) is 34.7 Å². The van der Waals surface area contributed by atoms with Gasteiger partial charge >= 0.3 is 0 Å². The number of methoxy groups -OCH3 is 2. The molecule has 0 radical (unpaired) electrons. The number of amides is 1. The van der Waals surface area contributed by atoms with Crippen molar-refractivity contribution < 1.29 is 18.7 Å². The van der Waals surface area contributed by atoms with Crippen molar-refractivity contribution in [1.82, 2.24) is 0 Å². The van der Waals surface area contributed by atoms with Crippen molar-refractivity contribution in [2.24, 2.45) is 0 Å². The Labute approximate surface area is 160 Å². The second kappa shape index (κ2) is 7.04. The molecule has 1 atom stereocenters. The fourth-order valence-electron chi connectivity index (χ4n) is 3.54. The van der Waals surface area contributed by atoms with Gasteiger partial charge in [-0.3, -0.25) is 4.79 Å². The number of anilines is 1. The van der Waals surface area contributed by atoms with Gasteiger partial charge in [-0.05, 0) is 12.1 Å². The highest BCUT2D eigenvalue weighted by atomic mass is 32.1. The van der Waals surface area contributed by atoms with Gasteiger partial charge in [-0.25, -0.2) is 4.39 Å². The molecule has 2 heterocycles. The standard InChI is InChI=1S/C21H18FNO3S/c1-25-17-9-5-7-13(20(17)26-2)14-10-18(24)23-19-15(11-27-21(14)19)12-6-3-4-8-16(12)22/h3-9,11,14H,10H2,1-2H3,(H,23,24). The summed E-state index contributed by atoms with van der Waals surface area (Å²) in [7, 11) is 3.17. The number of benzene rings is 2. The zero-order chi connectivity index (χ0) is 19.0. The van der Waals surface area contributed by atoms with Crippen molar-refractivity contribution in [3.63, 3.8) is 0 Å². The lowest BCUT2D eigenvalue weighted by atomic mass is 9.88. The molecule has 0 saturated carbocycles. The number of fused-ring (bicyclic) bond motifs is 1. The molecular weight excluding hydrogens is 365 g/mol. The molecule has 1 unspecified atom stereocenters. The van der Waals surface area contributed by atoms with E-state index >= 15 is 0 Å². The molecule has 4 rings (SSSR count). The van der Waals surface area contributed by atoms with Gasteiger partial charge < -0.3 is 14.8 Å². The van der Waals surface area contributed by atoms with Crippen LogP contribution < -0.4 is 14.8 Å². The van der Waals surface area contributed by atoms with E-state index in [9.17, 15) is 9.18 Å². The Kier molecular flexibility index (Phi) is 4.58. The molecule has 4 nitrogen and oxygen atoms in total. The Morgan fingerprint density at radius 2 is 1.89 bits per heavy atom. The topological polar surface area (TPSA) is 47.6 Å². The molecule has 1 amide bonds. The lowest BCUT2D eigenvalue weighted by Crippen LogP contribution is -2.22. The first-order valence-corrected chi connectivity index (χ1v) is 9.39. The number of hydrogen-bond donors (Lipinski definition) is 1. The molecule has 3 aromatic rings. The molecule has 2 aromatic carbocycles. The zero-order valence-electron chi connectivity index (χ0n) is 14.9. The smallest absolute Gasteiger partial charge is 0.225 e. The van der Waals surface area contributed by atoms with E-state index in [1.807, 2.05) is 23.6 Å². The summed E-state index contributed by atoms with van der Waals surface area (Å²) < 4.78 is 25.3. The summed E-state index contributed by atoms with van der Waals surface area (Å²) in [5.41, 5.74) is 2.74. The highest BCUT2D eigenvalue weighted by molar-refractivity contribution is 7.11. The number of nitrogens with one attached hydrogen (secondary N) is 1. The van der Waals surface area contributed by atoms with Gasteiger partial charge in [0.05, 0.1) is 19.9 Å². The molecule has 27 heavy (non-hydrogen) atoms. The summed E-state index contributed by atoms with van der Waals surface area (Å²) in [6, 6.07) is 12.2. The zero-order valence-corrected chi connectivity index (χ0v) is 15.7. The Bertz CT molecular complexity index is 1010. The number of para-hydroxylation sites is 1. The number of halogens is 1. The van der Waals surface area contributed by atoms with Crippen LogP contribution in [0.4, 0.5) is 10.1 Å². The summed E-state index contributed by atoms with van der Waals surface area (Å²) in [5, 5.41) is 4.83. The Hall–Kier alpha value is -2.86. The maximum Gasteiger partial charge on any atom is 0.225 e. The SMILES string of the molecule is COc1cccc(C2CC(=O)Nc3c(-c4ccccc4F)csc32)c1OC. The average Bonchev–Trinajstić information content (AvgIpc) is 3.10. The summed E-state index contributed by atoms with van der Waals surface area (Å²) in [4.78, 5) is 13.4. The predicted octanol–water partition coefficient (Wildman–Crippen LogP) is 5.05. The molecule has 1 aliphatic heterocycles. The first-order valence-electron chi connectivity index (χ1n) is 8.51. The van der Waals surface area contributed by atoms with E-state index in [1.165, 1.54) is 17.4 Å². The minimum Gasteiger partial charge on any atom is -0.493 e. The minimum atomic E-state index is -0.312. The van der Waals surface area contributed by atoms with Gasteiger partial charge in [0.15, 0.2) is 11.5 Å². The highest BCUT2D eigenvalue weighted by Gasteiger charge is 2.33. The van der Waals surface area contributed by atoms with E-state index in [0.717, 1.165) is 10.4 Å². The molecule has 1 aromatic heterocycles. The van der Waals surface area contributed by atoms with Crippen molar-refractivity contribution in [3.05, 3.63) is 64.1 Å². The molecule has 1 N–H and O–H groups in total. The first kappa shape index (κ1) is 17.5. The van der Waals surface area contributed by atoms with Crippen molar-refractivity contribution in [3.8, 4) is 22.6 Å². The lowest BCUT2D eigenvalue weighted by Gasteiger charge is -2.26. The summed E-state index contributed by atoms with van der Waals surface area (Å²) >= 11 is 1.52. The van der Waals surface area contributed by atoms with Crippen LogP contribution in [0.15, 0.2) is 47.8 Å². The third kappa shape index (κ3) is 2.96. The van der Waals surface area contributed by atoms with Crippen LogP contribution in [-0.4, -0.2) is 20.1 Å². The van der Waals surface area contributed by atoms with Gasteiger partial charge in [0.1, 0.15) is 5.82 Å². The van der Waals surface area contributed by atoms with E-state index in [-0.39, 0.29) is 17.6 Å². The van der Waals surface area contributed by atoms with E-state index in [2.05, 4.69) is 5.32 Å². The number of hydrogen-bond acceptors (Lipinski definition) is 4. The molecule has 6 heteroatoms. The van der Waals surface area contributed by atoms with Gasteiger partial charge in [-0.15, -0.1) is 11.3 Å². The number of thiophene rings is 1. The average molecular weight is 383 g/mol.